The van der Waals surface area contributed by atoms with Crippen LogP contribution in [0.1, 0.15) is 61.3 Å². The van der Waals surface area contributed by atoms with Crippen LogP contribution in [0.3, 0.4) is 0 Å². The van der Waals surface area contributed by atoms with Crippen LogP contribution in [0.5, 0.6) is 0 Å². The van der Waals surface area contributed by atoms with E-state index in [2.05, 4.69) is 49.5 Å². The minimum absolute atomic E-state index is 0.0254. The van der Waals surface area contributed by atoms with Gasteiger partial charge in [-0.05, 0) is 51.2 Å². The van der Waals surface area contributed by atoms with Crippen LogP contribution in [0.15, 0.2) is 48.5 Å². The molecule has 1 aliphatic rings. The molecular weight excluding hydrogens is 428 g/mol. The summed E-state index contributed by atoms with van der Waals surface area (Å²) < 4.78 is 0. The highest BCUT2D eigenvalue weighted by atomic mass is 32.2. The van der Waals surface area contributed by atoms with Gasteiger partial charge in [0.25, 0.3) is 0 Å². The summed E-state index contributed by atoms with van der Waals surface area (Å²) in [4.78, 5) is 28.1. The normalized spacial score (nSPS) is 15.1. The zero-order valence-electron chi connectivity index (χ0n) is 20.3. The van der Waals surface area contributed by atoms with E-state index in [1.165, 1.54) is 41.5 Å². The van der Waals surface area contributed by atoms with Gasteiger partial charge < -0.3 is 10.2 Å². The van der Waals surface area contributed by atoms with Crippen LogP contribution in [0.2, 0.25) is 0 Å². The lowest BCUT2D eigenvalue weighted by atomic mass is 9.95. The molecule has 33 heavy (non-hydrogen) atoms. The number of benzene rings is 2. The van der Waals surface area contributed by atoms with Crippen molar-refractivity contribution in [3.8, 4) is 0 Å². The predicted octanol–water partition coefficient (Wildman–Crippen LogP) is 5.45. The van der Waals surface area contributed by atoms with Gasteiger partial charge in [0, 0.05) is 18.3 Å². The second-order valence-electron chi connectivity index (χ2n) is 9.33. The summed E-state index contributed by atoms with van der Waals surface area (Å²) in [7, 11) is 0. The number of rotatable bonds is 10. The molecule has 0 saturated heterocycles. The molecule has 1 saturated carbocycles. The quantitative estimate of drug-likeness (QED) is 0.507. The van der Waals surface area contributed by atoms with E-state index >= 15 is 0 Å². The van der Waals surface area contributed by atoms with Crippen molar-refractivity contribution in [1.29, 1.82) is 0 Å². The molecule has 4 nitrogen and oxygen atoms in total. The summed E-state index contributed by atoms with van der Waals surface area (Å²) in [5.74, 6) is 1.18. The van der Waals surface area contributed by atoms with E-state index in [0.717, 1.165) is 25.0 Å². The molecule has 1 atom stereocenters. The van der Waals surface area contributed by atoms with E-state index in [9.17, 15) is 9.59 Å². The molecule has 0 aromatic heterocycles. The van der Waals surface area contributed by atoms with Crippen LogP contribution >= 0.6 is 11.8 Å². The van der Waals surface area contributed by atoms with Crippen molar-refractivity contribution in [3.63, 3.8) is 0 Å². The molecule has 0 spiro atoms. The summed E-state index contributed by atoms with van der Waals surface area (Å²) in [5.41, 5.74) is 4.91. The fourth-order valence-corrected chi connectivity index (χ4v) is 5.48. The molecule has 2 aromatic rings. The number of carbonyl (C=O) groups excluding carboxylic acids is 2. The van der Waals surface area contributed by atoms with Gasteiger partial charge >= 0.3 is 0 Å². The monoisotopic (exact) mass is 466 g/mol. The summed E-state index contributed by atoms with van der Waals surface area (Å²) in [5, 5.41) is 3.21. The van der Waals surface area contributed by atoms with Gasteiger partial charge in [-0.2, -0.15) is 0 Å². The standard InChI is InChI=1S/C28H38N2O2S/c1-21-16-22(2)18-25(17-21)19-33-20-27(31)30(15-14-24-10-6-4-7-11-24)23(3)28(32)29-26-12-8-5-9-13-26/h4,6-7,10-11,16-18,23,26H,5,8-9,12-15,19-20H2,1-3H3,(H,29,32)/t23-/m1/s1. The van der Waals surface area contributed by atoms with Gasteiger partial charge in [-0.1, -0.05) is 78.9 Å². The van der Waals surface area contributed by atoms with E-state index in [-0.39, 0.29) is 17.9 Å². The first-order valence-corrected chi connectivity index (χ1v) is 13.4. The molecule has 2 amide bonds. The van der Waals surface area contributed by atoms with Crippen molar-refractivity contribution in [2.45, 2.75) is 77.1 Å². The Hall–Kier alpha value is -2.27. The number of aryl methyl sites for hydroxylation is 2. The molecule has 2 aromatic carbocycles. The Kier molecular flexibility index (Phi) is 9.86. The SMILES string of the molecule is Cc1cc(C)cc(CSCC(=O)N(CCc2ccccc2)[C@H](C)C(=O)NC2CCCCC2)c1. The van der Waals surface area contributed by atoms with Crippen molar-refractivity contribution in [3.05, 3.63) is 70.8 Å². The first-order valence-electron chi connectivity index (χ1n) is 12.2. The van der Waals surface area contributed by atoms with E-state index in [0.29, 0.717) is 12.3 Å². The van der Waals surface area contributed by atoms with Crippen molar-refractivity contribution < 1.29 is 9.59 Å². The minimum atomic E-state index is -0.468. The third-order valence-corrected chi connectivity index (χ3v) is 7.37. The largest absolute Gasteiger partial charge is 0.352 e. The van der Waals surface area contributed by atoms with Gasteiger partial charge in [0.05, 0.1) is 5.75 Å². The maximum absolute atomic E-state index is 13.3. The summed E-state index contributed by atoms with van der Waals surface area (Å²) in [6, 6.07) is 16.5. The lowest BCUT2D eigenvalue weighted by Gasteiger charge is -2.31. The summed E-state index contributed by atoms with van der Waals surface area (Å²) >= 11 is 1.62. The highest BCUT2D eigenvalue weighted by molar-refractivity contribution is 7.99. The highest BCUT2D eigenvalue weighted by Crippen LogP contribution is 2.19. The summed E-state index contributed by atoms with van der Waals surface area (Å²) in [6.07, 6.45) is 6.43. The second kappa shape index (κ2) is 12.8. The van der Waals surface area contributed by atoms with Crippen LogP contribution in [0, 0.1) is 13.8 Å². The van der Waals surface area contributed by atoms with E-state index in [1.807, 2.05) is 25.1 Å². The Balaban J connectivity index is 1.61. The first kappa shape index (κ1) is 25.4. The number of hydrogen-bond donors (Lipinski definition) is 1. The zero-order valence-corrected chi connectivity index (χ0v) is 21.1. The zero-order chi connectivity index (χ0) is 23.6. The van der Waals surface area contributed by atoms with E-state index in [1.54, 1.807) is 16.7 Å². The number of hydrogen-bond acceptors (Lipinski definition) is 3. The van der Waals surface area contributed by atoms with Crippen LogP contribution in [0.25, 0.3) is 0 Å². The molecule has 3 rings (SSSR count). The van der Waals surface area contributed by atoms with Gasteiger partial charge in [0.1, 0.15) is 6.04 Å². The van der Waals surface area contributed by atoms with E-state index in [4.69, 9.17) is 0 Å². The van der Waals surface area contributed by atoms with Crippen LogP contribution in [-0.4, -0.2) is 41.1 Å². The molecule has 0 aliphatic heterocycles. The van der Waals surface area contributed by atoms with Crippen molar-refractivity contribution in [2.24, 2.45) is 0 Å². The Morgan fingerprint density at radius 2 is 1.67 bits per heavy atom. The molecule has 0 unspecified atom stereocenters. The Bertz CT molecular complexity index is 889. The molecule has 1 N–H and O–H groups in total. The van der Waals surface area contributed by atoms with Gasteiger partial charge in [0.15, 0.2) is 0 Å². The van der Waals surface area contributed by atoms with E-state index < -0.39 is 6.04 Å². The number of nitrogens with one attached hydrogen (secondary N) is 1. The molecule has 0 radical (unpaired) electrons. The van der Waals surface area contributed by atoms with Crippen molar-refractivity contribution in [1.82, 2.24) is 10.2 Å². The van der Waals surface area contributed by atoms with Crippen molar-refractivity contribution in [2.75, 3.05) is 12.3 Å². The molecule has 5 heteroatoms. The topological polar surface area (TPSA) is 49.4 Å². The Morgan fingerprint density at radius 3 is 2.33 bits per heavy atom. The van der Waals surface area contributed by atoms with Gasteiger partial charge in [0.2, 0.25) is 11.8 Å². The van der Waals surface area contributed by atoms with Crippen molar-refractivity contribution >= 4 is 23.6 Å². The molecule has 0 bridgehead atoms. The van der Waals surface area contributed by atoms with Gasteiger partial charge in [-0.15, -0.1) is 11.8 Å². The molecule has 178 valence electrons. The first-order chi connectivity index (χ1) is 15.9. The second-order valence-corrected chi connectivity index (χ2v) is 10.3. The predicted molar refractivity (Wildman–Crippen MR) is 138 cm³/mol. The number of thioether (sulfide) groups is 1. The van der Waals surface area contributed by atoms with Gasteiger partial charge in [-0.3, -0.25) is 9.59 Å². The maximum Gasteiger partial charge on any atom is 0.242 e. The molecule has 1 aliphatic carbocycles. The minimum Gasteiger partial charge on any atom is -0.352 e. The fraction of sp³-hybridized carbons (Fsp3) is 0.500. The van der Waals surface area contributed by atoms with Gasteiger partial charge in [-0.25, -0.2) is 0 Å². The maximum atomic E-state index is 13.3. The molecule has 0 heterocycles. The summed E-state index contributed by atoms with van der Waals surface area (Å²) in [6.45, 7) is 6.62. The lowest BCUT2D eigenvalue weighted by molar-refractivity contribution is -0.138. The molecule has 1 fully saturated rings. The number of nitrogens with zero attached hydrogens (tertiary/aromatic N) is 1. The number of carbonyl (C=O) groups is 2. The lowest BCUT2D eigenvalue weighted by Crippen LogP contribution is -2.51. The Morgan fingerprint density at radius 1 is 1.00 bits per heavy atom. The van der Waals surface area contributed by atoms with Crippen LogP contribution < -0.4 is 5.32 Å². The number of amides is 2. The van der Waals surface area contributed by atoms with Crippen LogP contribution in [-0.2, 0) is 21.8 Å². The van der Waals surface area contributed by atoms with Crippen LogP contribution in [0.4, 0.5) is 0 Å². The highest BCUT2D eigenvalue weighted by Gasteiger charge is 2.27. The molecular formula is C28H38N2O2S. The average Bonchev–Trinajstić information content (AvgIpc) is 2.80. The Labute approximate surface area is 203 Å². The average molecular weight is 467 g/mol. The third kappa shape index (κ3) is 8.22. The fourth-order valence-electron chi connectivity index (χ4n) is 4.63. The smallest absolute Gasteiger partial charge is 0.242 e. The third-order valence-electron chi connectivity index (χ3n) is 6.38.